The number of carbonyl (C=O) groups is 1. The summed E-state index contributed by atoms with van der Waals surface area (Å²) < 4.78 is 1.77. The van der Waals surface area contributed by atoms with Gasteiger partial charge in [-0.15, -0.1) is 11.3 Å². The molecule has 2 aromatic heterocycles. The topological polar surface area (TPSA) is 50.2 Å². The van der Waals surface area contributed by atoms with Gasteiger partial charge in [0.15, 0.2) is 0 Å². The average Bonchev–Trinajstić information content (AvgIpc) is 3.09. The predicted octanol–water partition coefficient (Wildman–Crippen LogP) is 1.66. The average molecular weight is 306 g/mol. The number of nitrogens with one attached hydrogen (secondary N) is 1. The van der Waals surface area contributed by atoms with E-state index in [0.29, 0.717) is 13.1 Å². The molecule has 6 heteroatoms. The van der Waals surface area contributed by atoms with Gasteiger partial charge in [0.25, 0.3) is 0 Å². The summed E-state index contributed by atoms with van der Waals surface area (Å²) >= 11 is 1.72. The van der Waals surface area contributed by atoms with Crippen molar-refractivity contribution in [3.05, 3.63) is 40.3 Å². The molecule has 114 valence electrons. The quantitative estimate of drug-likeness (QED) is 0.846. The second kappa shape index (κ2) is 7.38. The van der Waals surface area contributed by atoms with E-state index < -0.39 is 0 Å². The van der Waals surface area contributed by atoms with Crippen molar-refractivity contribution in [2.75, 3.05) is 13.6 Å². The molecule has 0 fully saturated rings. The Labute approximate surface area is 129 Å². The molecule has 0 aliphatic carbocycles. The lowest BCUT2D eigenvalue weighted by Gasteiger charge is -2.23. The first-order valence-electron chi connectivity index (χ1n) is 7.04. The first-order valence-corrected chi connectivity index (χ1v) is 7.92. The number of hydrogen-bond acceptors (Lipinski definition) is 4. The van der Waals surface area contributed by atoms with E-state index in [9.17, 15) is 4.79 Å². The summed E-state index contributed by atoms with van der Waals surface area (Å²) in [6, 6.07) is 3.97. The van der Waals surface area contributed by atoms with E-state index in [1.807, 2.05) is 44.4 Å². The molecule has 1 unspecified atom stereocenters. The van der Waals surface area contributed by atoms with Gasteiger partial charge in [-0.05, 0) is 31.8 Å². The number of rotatable bonds is 7. The summed E-state index contributed by atoms with van der Waals surface area (Å²) in [5.74, 6) is 0.0675. The highest BCUT2D eigenvalue weighted by atomic mass is 32.1. The third-order valence-electron chi connectivity index (χ3n) is 3.48. The molecule has 21 heavy (non-hydrogen) atoms. The maximum atomic E-state index is 12.1. The van der Waals surface area contributed by atoms with Crippen LogP contribution in [0.5, 0.6) is 0 Å². The minimum Gasteiger partial charge on any atom is -0.354 e. The SMILES string of the molecule is CC(C(=O)NCCc1cccs1)N(C)Cc1cnn(C)c1. The van der Waals surface area contributed by atoms with Gasteiger partial charge in [-0.2, -0.15) is 5.10 Å². The molecule has 2 aromatic rings. The Morgan fingerprint density at radius 1 is 1.57 bits per heavy atom. The lowest BCUT2D eigenvalue weighted by molar-refractivity contribution is -0.125. The number of carbonyl (C=O) groups excluding carboxylic acids is 1. The molecule has 0 radical (unpaired) electrons. The number of nitrogens with zero attached hydrogens (tertiary/aromatic N) is 3. The van der Waals surface area contributed by atoms with Crippen molar-refractivity contribution in [1.29, 1.82) is 0 Å². The van der Waals surface area contributed by atoms with Crippen molar-refractivity contribution in [2.24, 2.45) is 7.05 Å². The molecule has 0 saturated carbocycles. The molecular formula is C15H22N4OS. The van der Waals surface area contributed by atoms with Gasteiger partial charge in [-0.1, -0.05) is 6.07 Å². The van der Waals surface area contributed by atoms with Crippen LogP contribution in [0.15, 0.2) is 29.9 Å². The Morgan fingerprint density at radius 3 is 3.00 bits per heavy atom. The summed E-state index contributed by atoms with van der Waals surface area (Å²) in [5.41, 5.74) is 1.11. The van der Waals surface area contributed by atoms with Crippen LogP contribution in [0, 0.1) is 0 Å². The Bertz CT molecular complexity index is 564. The summed E-state index contributed by atoms with van der Waals surface area (Å²) in [6.07, 6.45) is 4.69. The van der Waals surface area contributed by atoms with Gasteiger partial charge >= 0.3 is 0 Å². The van der Waals surface area contributed by atoms with Gasteiger partial charge in [-0.25, -0.2) is 0 Å². The summed E-state index contributed by atoms with van der Waals surface area (Å²) in [4.78, 5) is 15.5. The van der Waals surface area contributed by atoms with Crippen molar-refractivity contribution in [3.63, 3.8) is 0 Å². The summed E-state index contributed by atoms with van der Waals surface area (Å²) in [7, 11) is 3.85. The zero-order chi connectivity index (χ0) is 15.2. The van der Waals surface area contributed by atoms with Crippen LogP contribution in [0.2, 0.25) is 0 Å². The first kappa shape index (κ1) is 15.7. The molecule has 5 nitrogen and oxygen atoms in total. The van der Waals surface area contributed by atoms with Gasteiger partial charge in [0, 0.05) is 36.8 Å². The molecule has 0 aliphatic heterocycles. The Hall–Kier alpha value is -1.66. The molecule has 2 rings (SSSR count). The highest BCUT2D eigenvalue weighted by Crippen LogP contribution is 2.08. The fourth-order valence-corrected chi connectivity index (χ4v) is 2.80. The lowest BCUT2D eigenvalue weighted by atomic mass is 10.2. The number of hydrogen-bond donors (Lipinski definition) is 1. The van der Waals surface area contributed by atoms with E-state index in [2.05, 4.69) is 21.9 Å². The van der Waals surface area contributed by atoms with Crippen LogP contribution in [0.1, 0.15) is 17.4 Å². The Balaban J connectivity index is 1.75. The fourth-order valence-electron chi connectivity index (χ4n) is 2.09. The van der Waals surface area contributed by atoms with Crippen LogP contribution in [0.4, 0.5) is 0 Å². The van der Waals surface area contributed by atoms with E-state index in [-0.39, 0.29) is 11.9 Å². The van der Waals surface area contributed by atoms with E-state index in [4.69, 9.17) is 0 Å². The number of aryl methyl sites for hydroxylation is 1. The minimum absolute atomic E-state index is 0.0675. The molecule has 1 N–H and O–H groups in total. The monoisotopic (exact) mass is 306 g/mol. The Kier molecular flexibility index (Phi) is 5.52. The fraction of sp³-hybridized carbons (Fsp3) is 0.467. The molecule has 0 aliphatic rings. The van der Waals surface area contributed by atoms with Crippen molar-refractivity contribution in [1.82, 2.24) is 20.0 Å². The maximum Gasteiger partial charge on any atom is 0.237 e. The Morgan fingerprint density at radius 2 is 2.38 bits per heavy atom. The van der Waals surface area contributed by atoms with Crippen LogP contribution in [0.3, 0.4) is 0 Å². The highest BCUT2D eigenvalue weighted by Gasteiger charge is 2.18. The molecule has 0 aromatic carbocycles. The maximum absolute atomic E-state index is 12.1. The molecule has 0 bridgehead atoms. The van der Waals surface area contributed by atoms with Crippen molar-refractivity contribution >= 4 is 17.2 Å². The lowest BCUT2D eigenvalue weighted by Crippen LogP contribution is -2.43. The first-order chi connectivity index (χ1) is 10.1. The van der Waals surface area contributed by atoms with E-state index in [1.165, 1.54) is 4.88 Å². The number of aromatic nitrogens is 2. The molecular weight excluding hydrogens is 284 g/mol. The van der Waals surface area contributed by atoms with Crippen molar-refractivity contribution in [2.45, 2.75) is 25.9 Å². The van der Waals surface area contributed by atoms with Crippen LogP contribution >= 0.6 is 11.3 Å². The van der Waals surface area contributed by atoms with Crippen LogP contribution in [-0.2, 0) is 24.8 Å². The van der Waals surface area contributed by atoms with Crippen LogP contribution < -0.4 is 5.32 Å². The summed E-state index contributed by atoms with van der Waals surface area (Å²) in [6.45, 7) is 3.33. The predicted molar refractivity (Wildman–Crippen MR) is 85.2 cm³/mol. The third-order valence-corrected chi connectivity index (χ3v) is 4.42. The second-order valence-corrected chi connectivity index (χ2v) is 6.27. The standard InChI is InChI=1S/C15H22N4OS/c1-12(18(2)10-13-9-17-19(3)11-13)15(20)16-7-6-14-5-4-8-21-14/h4-5,8-9,11-12H,6-7,10H2,1-3H3,(H,16,20). The van der Waals surface area contributed by atoms with Crippen molar-refractivity contribution in [3.8, 4) is 0 Å². The van der Waals surface area contributed by atoms with E-state index in [0.717, 1.165) is 12.0 Å². The van der Waals surface area contributed by atoms with Gasteiger partial charge in [0.1, 0.15) is 0 Å². The van der Waals surface area contributed by atoms with Crippen molar-refractivity contribution < 1.29 is 4.79 Å². The highest BCUT2D eigenvalue weighted by molar-refractivity contribution is 7.09. The molecule has 1 amide bonds. The zero-order valence-corrected chi connectivity index (χ0v) is 13.6. The molecule has 0 spiro atoms. The minimum atomic E-state index is -0.159. The largest absolute Gasteiger partial charge is 0.354 e. The van der Waals surface area contributed by atoms with Crippen LogP contribution in [0.25, 0.3) is 0 Å². The zero-order valence-electron chi connectivity index (χ0n) is 12.7. The second-order valence-electron chi connectivity index (χ2n) is 5.23. The molecule has 1 atom stereocenters. The normalized spacial score (nSPS) is 12.6. The van der Waals surface area contributed by atoms with Gasteiger partial charge in [-0.3, -0.25) is 14.4 Å². The van der Waals surface area contributed by atoms with E-state index >= 15 is 0 Å². The van der Waals surface area contributed by atoms with E-state index in [1.54, 1.807) is 16.0 Å². The summed E-state index contributed by atoms with van der Waals surface area (Å²) in [5, 5.41) is 9.20. The number of likely N-dealkylation sites (N-methyl/N-ethyl adjacent to an activating group) is 1. The number of amides is 1. The molecule has 2 heterocycles. The third kappa shape index (κ3) is 4.68. The van der Waals surface area contributed by atoms with Gasteiger partial charge in [0.2, 0.25) is 5.91 Å². The van der Waals surface area contributed by atoms with Gasteiger partial charge < -0.3 is 5.32 Å². The number of thiophene rings is 1. The van der Waals surface area contributed by atoms with Crippen LogP contribution in [-0.4, -0.2) is 40.2 Å². The van der Waals surface area contributed by atoms with Gasteiger partial charge in [0.05, 0.1) is 12.2 Å². The molecule has 0 saturated heterocycles. The smallest absolute Gasteiger partial charge is 0.237 e.